The molecule has 2 nitrogen and oxygen atoms in total. The van der Waals surface area contributed by atoms with Crippen molar-refractivity contribution in [2.24, 2.45) is 11.3 Å². The Hall–Kier alpha value is -0.0200. The van der Waals surface area contributed by atoms with E-state index in [9.17, 15) is 4.79 Å². The van der Waals surface area contributed by atoms with Gasteiger partial charge in [-0.25, -0.2) is 0 Å². The Morgan fingerprint density at radius 3 is 2.67 bits per heavy atom. The van der Waals surface area contributed by atoms with E-state index in [0.717, 1.165) is 25.1 Å². The highest BCUT2D eigenvalue weighted by Crippen LogP contribution is 2.45. The second-order valence-corrected chi connectivity index (χ2v) is 7.23. The minimum Gasteiger partial charge on any atom is -0.297 e. The average molecular weight is 227 g/mol. The fourth-order valence-electron chi connectivity index (χ4n) is 2.62. The predicted octanol–water partition coefficient (Wildman–Crippen LogP) is 2.43. The first-order valence-corrected chi connectivity index (χ1v) is 6.85. The number of Topliss-reactive ketones (excluding diaryl/α,β-unsaturated/α-hetero) is 1. The van der Waals surface area contributed by atoms with Crippen molar-refractivity contribution in [3.8, 4) is 0 Å². The quantitative estimate of drug-likeness (QED) is 0.689. The molecule has 2 atom stereocenters. The molecule has 2 aliphatic rings. The van der Waals surface area contributed by atoms with Crippen LogP contribution in [0.2, 0.25) is 0 Å². The molecule has 0 radical (unpaired) electrons. The number of carbonyl (C=O) groups excluding carboxylic acids is 1. The average Bonchev–Trinajstić information content (AvgIpc) is 2.58. The number of rotatable bonds is 0. The molecule has 86 valence electrons. The Kier molecular flexibility index (Phi) is 2.89. The van der Waals surface area contributed by atoms with Gasteiger partial charge in [0.05, 0.1) is 0 Å². The van der Waals surface area contributed by atoms with Crippen molar-refractivity contribution >= 4 is 17.5 Å². The molecule has 0 bridgehead atoms. The normalized spacial score (nSPS) is 37.5. The third-order valence-electron chi connectivity index (χ3n) is 3.81. The molecule has 1 aliphatic carbocycles. The number of hydrogen-bond donors (Lipinski definition) is 1. The van der Waals surface area contributed by atoms with Gasteiger partial charge in [-0.05, 0) is 24.2 Å². The van der Waals surface area contributed by atoms with Crippen LogP contribution >= 0.6 is 11.8 Å². The van der Waals surface area contributed by atoms with Crippen molar-refractivity contribution in [3.63, 3.8) is 0 Å². The van der Waals surface area contributed by atoms with Crippen molar-refractivity contribution in [3.05, 3.63) is 0 Å². The third-order valence-corrected chi connectivity index (χ3v) is 5.29. The van der Waals surface area contributed by atoms with Crippen molar-refractivity contribution in [1.82, 2.24) is 5.32 Å². The van der Waals surface area contributed by atoms with Gasteiger partial charge in [0.2, 0.25) is 0 Å². The topological polar surface area (TPSA) is 29.1 Å². The van der Waals surface area contributed by atoms with Gasteiger partial charge in [0.1, 0.15) is 4.87 Å². The monoisotopic (exact) mass is 227 g/mol. The van der Waals surface area contributed by atoms with Gasteiger partial charge in [-0.2, -0.15) is 0 Å². The van der Waals surface area contributed by atoms with Gasteiger partial charge in [-0.1, -0.05) is 20.8 Å². The molecule has 2 rings (SSSR count). The standard InChI is InChI=1S/C12H21NOS/c1-11(2,3)9-4-5-12(10(14)8-9)13-6-7-15-12/h9,13H,4-8H2,1-3H3/t9?,12-/m0/s1. The summed E-state index contributed by atoms with van der Waals surface area (Å²) >= 11 is 1.83. The molecule has 0 aromatic carbocycles. The Morgan fingerprint density at radius 2 is 2.20 bits per heavy atom. The molecular weight excluding hydrogens is 206 g/mol. The molecule has 1 saturated carbocycles. The molecule has 15 heavy (non-hydrogen) atoms. The van der Waals surface area contributed by atoms with Crippen LogP contribution in [0.5, 0.6) is 0 Å². The first kappa shape index (κ1) is 11.5. The largest absolute Gasteiger partial charge is 0.297 e. The summed E-state index contributed by atoms with van der Waals surface area (Å²) in [6.45, 7) is 7.74. The van der Waals surface area contributed by atoms with E-state index in [2.05, 4.69) is 26.1 Å². The third kappa shape index (κ3) is 2.09. The zero-order valence-electron chi connectivity index (χ0n) is 9.93. The van der Waals surface area contributed by atoms with Crippen LogP contribution in [0.3, 0.4) is 0 Å². The molecule has 0 aromatic rings. The summed E-state index contributed by atoms with van der Waals surface area (Å²) < 4.78 is 0. The lowest BCUT2D eigenvalue weighted by Crippen LogP contribution is -2.50. The second-order valence-electron chi connectivity index (χ2n) is 5.83. The molecule has 1 N–H and O–H groups in total. The van der Waals surface area contributed by atoms with Crippen LogP contribution in [0.4, 0.5) is 0 Å². The molecule has 0 aromatic heterocycles. The zero-order valence-corrected chi connectivity index (χ0v) is 10.7. The van der Waals surface area contributed by atoms with Crippen LogP contribution in [0.1, 0.15) is 40.0 Å². The number of ketones is 1. The molecule has 1 saturated heterocycles. The Balaban J connectivity index is 2.06. The van der Waals surface area contributed by atoms with E-state index in [1.165, 1.54) is 6.42 Å². The van der Waals surface area contributed by atoms with E-state index < -0.39 is 0 Å². The summed E-state index contributed by atoms with van der Waals surface area (Å²) in [4.78, 5) is 12.0. The van der Waals surface area contributed by atoms with E-state index in [1.54, 1.807) is 0 Å². The number of thioether (sulfide) groups is 1. The maximum absolute atomic E-state index is 12.2. The smallest absolute Gasteiger partial charge is 0.163 e. The molecule has 0 amide bonds. The summed E-state index contributed by atoms with van der Waals surface area (Å²) in [5.41, 5.74) is 0.278. The van der Waals surface area contributed by atoms with Gasteiger partial charge in [0.15, 0.2) is 5.78 Å². The van der Waals surface area contributed by atoms with Crippen LogP contribution in [0.25, 0.3) is 0 Å². The number of nitrogens with one attached hydrogen (secondary N) is 1. The summed E-state index contributed by atoms with van der Waals surface area (Å²) in [6, 6.07) is 0. The van der Waals surface area contributed by atoms with Crippen LogP contribution < -0.4 is 5.32 Å². The van der Waals surface area contributed by atoms with Gasteiger partial charge < -0.3 is 0 Å². The molecule has 1 unspecified atom stereocenters. The van der Waals surface area contributed by atoms with Gasteiger partial charge in [0, 0.05) is 18.7 Å². The fourth-order valence-corrected chi connectivity index (χ4v) is 3.88. The van der Waals surface area contributed by atoms with Crippen LogP contribution in [-0.4, -0.2) is 23.0 Å². The van der Waals surface area contributed by atoms with Gasteiger partial charge in [0.25, 0.3) is 0 Å². The predicted molar refractivity (Wildman–Crippen MR) is 65.0 cm³/mol. The van der Waals surface area contributed by atoms with Crippen molar-refractivity contribution < 1.29 is 4.79 Å². The van der Waals surface area contributed by atoms with Crippen LogP contribution in [0, 0.1) is 11.3 Å². The van der Waals surface area contributed by atoms with Crippen molar-refractivity contribution in [1.29, 1.82) is 0 Å². The first-order valence-electron chi connectivity index (χ1n) is 5.86. The summed E-state index contributed by atoms with van der Waals surface area (Å²) in [5, 5.41) is 3.41. The minimum atomic E-state index is -0.193. The summed E-state index contributed by atoms with van der Waals surface area (Å²) in [5.74, 6) is 2.10. The molecule has 1 spiro atoms. The Bertz CT molecular complexity index is 263. The first-order chi connectivity index (χ1) is 6.94. The van der Waals surface area contributed by atoms with Gasteiger partial charge >= 0.3 is 0 Å². The maximum Gasteiger partial charge on any atom is 0.163 e. The Morgan fingerprint density at radius 1 is 1.47 bits per heavy atom. The minimum absolute atomic E-state index is 0.193. The Labute approximate surface area is 96.6 Å². The van der Waals surface area contributed by atoms with Crippen LogP contribution in [0.15, 0.2) is 0 Å². The summed E-state index contributed by atoms with van der Waals surface area (Å²) in [6.07, 6.45) is 2.98. The summed E-state index contributed by atoms with van der Waals surface area (Å²) in [7, 11) is 0. The van der Waals surface area contributed by atoms with E-state index in [4.69, 9.17) is 0 Å². The maximum atomic E-state index is 12.2. The van der Waals surface area contributed by atoms with E-state index in [1.807, 2.05) is 11.8 Å². The molecular formula is C12H21NOS. The molecule has 2 fully saturated rings. The fraction of sp³-hybridized carbons (Fsp3) is 0.917. The lowest BCUT2D eigenvalue weighted by atomic mass is 9.70. The molecule has 1 heterocycles. The lowest BCUT2D eigenvalue weighted by molar-refractivity contribution is -0.126. The highest BCUT2D eigenvalue weighted by atomic mass is 32.2. The zero-order chi connectivity index (χ0) is 11.1. The van der Waals surface area contributed by atoms with Crippen molar-refractivity contribution in [2.75, 3.05) is 12.3 Å². The number of hydrogen-bond acceptors (Lipinski definition) is 3. The van der Waals surface area contributed by atoms with E-state index >= 15 is 0 Å². The van der Waals surface area contributed by atoms with E-state index in [-0.39, 0.29) is 10.3 Å². The molecule has 3 heteroatoms. The van der Waals surface area contributed by atoms with Crippen LogP contribution in [-0.2, 0) is 4.79 Å². The highest BCUT2D eigenvalue weighted by molar-refractivity contribution is 8.01. The number of carbonyl (C=O) groups is 1. The highest BCUT2D eigenvalue weighted by Gasteiger charge is 2.47. The second kappa shape index (κ2) is 3.77. The van der Waals surface area contributed by atoms with E-state index in [0.29, 0.717) is 11.7 Å². The SMILES string of the molecule is CC(C)(C)C1CC[C@@]2(NCCS2)C(=O)C1. The van der Waals surface area contributed by atoms with Gasteiger partial charge in [-0.3, -0.25) is 10.1 Å². The molecule has 1 aliphatic heterocycles. The van der Waals surface area contributed by atoms with Gasteiger partial charge in [-0.15, -0.1) is 11.8 Å². The lowest BCUT2D eigenvalue weighted by Gasteiger charge is -2.40. The van der Waals surface area contributed by atoms with Crippen molar-refractivity contribution in [2.45, 2.75) is 44.9 Å².